The minimum Gasteiger partial charge on any atom is -0.379 e. The molecule has 0 amide bonds. The average Bonchev–Trinajstić information content (AvgIpc) is 2.66. The molecule has 1 atom stereocenters. The molecule has 1 aromatic heterocycles. The summed E-state index contributed by atoms with van der Waals surface area (Å²) in [5.41, 5.74) is 1.57. The SMILES string of the molecule is CC[C@@H]([NH2+]CCOC)c1nc2ccccc2c(=O)n1-c1ccccc1. The van der Waals surface area contributed by atoms with Gasteiger partial charge in [0.15, 0.2) is 5.82 Å². The molecule has 2 N–H and O–H groups in total. The lowest BCUT2D eigenvalue weighted by Crippen LogP contribution is -2.86. The molecule has 0 saturated heterocycles. The Hall–Kier alpha value is -2.50. The van der Waals surface area contributed by atoms with E-state index in [4.69, 9.17) is 9.72 Å². The molecular weight excluding hydrogens is 314 g/mol. The summed E-state index contributed by atoms with van der Waals surface area (Å²) >= 11 is 0. The summed E-state index contributed by atoms with van der Waals surface area (Å²) < 4.78 is 6.91. The molecule has 0 aliphatic heterocycles. The number of rotatable bonds is 7. The van der Waals surface area contributed by atoms with Gasteiger partial charge >= 0.3 is 0 Å². The molecule has 1 heterocycles. The first-order chi connectivity index (χ1) is 12.3. The van der Waals surface area contributed by atoms with Crippen LogP contribution in [0.4, 0.5) is 0 Å². The van der Waals surface area contributed by atoms with Crippen molar-refractivity contribution < 1.29 is 10.1 Å². The summed E-state index contributed by atoms with van der Waals surface area (Å²) in [6.45, 7) is 3.61. The third-order valence-electron chi connectivity index (χ3n) is 4.36. The number of hydrogen-bond donors (Lipinski definition) is 1. The molecule has 25 heavy (non-hydrogen) atoms. The van der Waals surface area contributed by atoms with Gasteiger partial charge in [0.1, 0.15) is 6.04 Å². The molecule has 0 radical (unpaired) electrons. The minimum absolute atomic E-state index is 0.0228. The van der Waals surface area contributed by atoms with Crippen LogP contribution in [-0.4, -0.2) is 29.8 Å². The molecule has 0 aliphatic carbocycles. The van der Waals surface area contributed by atoms with Gasteiger partial charge in [-0.25, -0.2) is 4.98 Å². The van der Waals surface area contributed by atoms with Gasteiger partial charge in [0, 0.05) is 13.5 Å². The highest BCUT2D eigenvalue weighted by molar-refractivity contribution is 5.77. The van der Waals surface area contributed by atoms with Gasteiger partial charge in [0.25, 0.3) is 5.56 Å². The number of fused-ring (bicyclic) bond motifs is 1. The second-order valence-corrected chi connectivity index (χ2v) is 6.00. The van der Waals surface area contributed by atoms with Crippen LogP contribution in [0.2, 0.25) is 0 Å². The fourth-order valence-electron chi connectivity index (χ4n) is 3.07. The van der Waals surface area contributed by atoms with Gasteiger partial charge in [0.2, 0.25) is 0 Å². The van der Waals surface area contributed by atoms with Gasteiger partial charge in [-0.05, 0) is 24.3 Å². The highest BCUT2D eigenvalue weighted by Gasteiger charge is 2.22. The monoisotopic (exact) mass is 338 g/mol. The summed E-state index contributed by atoms with van der Waals surface area (Å²) in [5.74, 6) is 0.786. The molecule has 130 valence electrons. The standard InChI is InChI=1S/C20H23N3O2/c1-3-17(21-13-14-25-2)19-22-18-12-8-7-11-16(18)20(24)23(19)15-9-5-4-6-10-15/h4-12,17,21H,3,13-14H2,1-2H3/p+1/t17-/m1/s1. The fraction of sp³-hybridized carbons (Fsp3) is 0.300. The highest BCUT2D eigenvalue weighted by Crippen LogP contribution is 2.17. The Morgan fingerprint density at radius 3 is 2.56 bits per heavy atom. The molecule has 0 saturated carbocycles. The lowest BCUT2D eigenvalue weighted by molar-refractivity contribution is -0.698. The summed E-state index contributed by atoms with van der Waals surface area (Å²) in [6, 6.07) is 17.3. The molecule has 0 bridgehead atoms. The highest BCUT2D eigenvalue weighted by atomic mass is 16.5. The fourth-order valence-corrected chi connectivity index (χ4v) is 3.07. The summed E-state index contributed by atoms with van der Waals surface area (Å²) in [4.78, 5) is 18.0. The predicted molar refractivity (Wildman–Crippen MR) is 99.0 cm³/mol. The Bertz CT molecular complexity index is 890. The zero-order valence-electron chi connectivity index (χ0n) is 14.7. The number of benzene rings is 2. The molecule has 3 rings (SSSR count). The molecule has 0 spiro atoms. The van der Waals surface area contributed by atoms with Crippen molar-refractivity contribution in [2.75, 3.05) is 20.3 Å². The average molecular weight is 338 g/mol. The van der Waals surface area contributed by atoms with Gasteiger partial charge in [-0.1, -0.05) is 37.3 Å². The van der Waals surface area contributed by atoms with Crippen LogP contribution in [0, 0.1) is 0 Å². The van der Waals surface area contributed by atoms with Crippen LogP contribution in [0.25, 0.3) is 16.6 Å². The van der Waals surface area contributed by atoms with E-state index in [1.165, 1.54) is 0 Å². The van der Waals surface area contributed by atoms with Crippen LogP contribution in [0.1, 0.15) is 25.2 Å². The van der Waals surface area contributed by atoms with Crippen LogP contribution in [-0.2, 0) is 4.74 Å². The van der Waals surface area contributed by atoms with Crippen molar-refractivity contribution in [3.63, 3.8) is 0 Å². The van der Waals surface area contributed by atoms with Gasteiger partial charge in [-0.2, -0.15) is 0 Å². The number of quaternary nitrogens is 1. The quantitative estimate of drug-likeness (QED) is 0.671. The molecule has 0 aliphatic rings. The molecule has 3 aromatic rings. The van der Waals surface area contributed by atoms with Crippen molar-refractivity contribution in [3.8, 4) is 5.69 Å². The number of nitrogens with zero attached hydrogens (tertiary/aromatic N) is 2. The minimum atomic E-state index is -0.0228. The molecule has 0 fully saturated rings. The number of hydrogen-bond acceptors (Lipinski definition) is 3. The van der Waals surface area contributed by atoms with E-state index in [0.717, 1.165) is 30.0 Å². The summed E-state index contributed by atoms with van der Waals surface area (Å²) in [6.07, 6.45) is 0.876. The Morgan fingerprint density at radius 2 is 1.84 bits per heavy atom. The lowest BCUT2D eigenvalue weighted by atomic mass is 10.1. The van der Waals surface area contributed by atoms with Gasteiger partial charge in [-0.15, -0.1) is 0 Å². The van der Waals surface area contributed by atoms with E-state index in [-0.39, 0.29) is 11.6 Å². The van der Waals surface area contributed by atoms with Crippen LogP contribution in [0.15, 0.2) is 59.4 Å². The maximum absolute atomic E-state index is 13.2. The topological polar surface area (TPSA) is 60.7 Å². The van der Waals surface area contributed by atoms with E-state index in [0.29, 0.717) is 12.0 Å². The van der Waals surface area contributed by atoms with E-state index in [9.17, 15) is 4.79 Å². The largest absolute Gasteiger partial charge is 0.379 e. The van der Waals surface area contributed by atoms with Crippen LogP contribution >= 0.6 is 0 Å². The first-order valence-electron chi connectivity index (χ1n) is 8.65. The Labute approximate surface area is 147 Å². The van der Waals surface area contributed by atoms with E-state index >= 15 is 0 Å². The van der Waals surface area contributed by atoms with Crippen LogP contribution < -0.4 is 10.9 Å². The van der Waals surface area contributed by atoms with Crippen molar-refractivity contribution in [3.05, 3.63) is 70.8 Å². The smallest absolute Gasteiger partial charge is 0.266 e. The Morgan fingerprint density at radius 1 is 1.12 bits per heavy atom. The maximum Gasteiger partial charge on any atom is 0.266 e. The molecular formula is C20H24N3O2+. The number of methoxy groups -OCH3 is 1. The normalized spacial score (nSPS) is 12.4. The first-order valence-corrected chi connectivity index (χ1v) is 8.65. The zero-order chi connectivity index (χ0) is 17.6. The number of aromatic nitrogens is 2. The zero-order valence-corrected chi connectivity index (χ0v) is 14.7. The van der Waals surface area contributed by atoms with Gasteiger partial charge in [0.05, 0.1) is 29.7 Å². The van der Waals surface area contributed by atoms with Crippen molar-refractivity contribution in [2.24, 2.45) is 0 Å². The Kier molecular flexibility index (Phi) is 5.58. The van der Waals surface area contributed by atoms with Gasteiger partial charge < -0.3 is 10.1 Å². The van der Waals surface area contributed by atoms with Crippen LogP contribution in [0.5, 0.6) is 0 Å². The third kappa shape index (κ3) is 3.62. The number of ether oxygens (including phenoxy) is 1. The molecule has 5 nitrogen and oxygen atoms in total. The Balaban J connectivity index is 2.19. The third-order valence-corrected chi connectivity index (χ3v) is 4.36. The first kappa shape index (κ1) is 17.3. The number of para-hydroxylation sites is 2. The van der Waals surface area contributed by atoms with Crippen molar-refractivity contribution in [1.82, 2.24) is 9.55 Å². The maximum atomic E-state index is 13.2. The van der Waals surface area contributed by atoms with Crippen molar-refractivity contribution in [1.29, 1.82) is 0 Å². The van der Waals surface area contributed by atoms with E-state index < -0.39 is 0 Å². The number of nitrogens with two attached hydrogens (primary N) is 1. The summed E-state index contributed by atoms with van der Waals surface area (Å²) in [7, 11) is 1.70. The molecule has 5 heteroatoms. The van der Waals surface area contributed by atoms with Gasteiger partial charge in [-0.3, -0.25) is 9.36 Å². The van der Waals surface area contributed by atoms with E-state index in [1.54, 1.807) is 11.7 Å². The lowest BCUT2D eigenvalue weighted by Gasteiger charge is -2.19. The molecule has 0 unspecified atom stereocenters. The van der Waals surface area contributed by atoms with Crippen molar-refractivity contribution >= 4 is 10.9 Å². The predicted octanol–water partition coefficient (Wildman–Crippen LogP) is 2.05. The second kappa shape index (κ2) is 8.05. The second-order valence-electron chi connectivity index (χ2n) is 6.00. The summed E-state index contributed by atoms with van der Waals surface area (Å²) in [5, 5.41) is 2.83. The van der Waals surface area contributed by atoms with E-state index in [1.807, 2.05) is 54.6 Å². The van der Waals surface area contributed by atoms with Crippen LogP contribution in [0.3, 0.4) is 0 Å². The van der Waals surface area contributed by atoms with Crippen molar-refractivity contribution in [2.45, 2.75) is 19.4 Å². The molecule has 2 aromatic carbocycles. The van der Waals surface area contributed by atoms with E-state index in [2.05, 4.69) is 12.2 Å².